The van der Waals surface area contributed by atoms with Crippen molar-refractivity contribution in [3.63, 3.8) is 0 Å². The van der Waals surface area contributed by atoms with E-state index in [1.807, 2.05) is 6.92 Å². The van der Waals surface area contributed by atoms with E-state index in [4.69, 9.17) is 4.74 Å². The Hall–Kier alpha value is -3.62. The molecule has 0 atom stereocenters. The van der Waals surface area contributed by atoms with E-state index in [1.54, 1.807) is 24.3 Å². The fourth-order valence-electron chi connectivity index (χ4n) is 3.10. The lowest BCUT2D eigenvalue weighted by Crippen LogP contribution is -2.21. The molecule has 0 aliphatic heterocycles. The number of aryl methyl sites for hydroxylation is 1. The molecule has 3 aromatic rings. The summed E-state index contributed by atoms with van der Waals surface area (Å²) in [5, 5.41) is 2.29. The number of hydrogen-bond donors (Lipinski definition) is 1. The predicted octanol–water partition coefficient (Wildman–Crippen LogP) is 4.75. The molecule has 0 saturated carbocycles. The molecule has 0 fully saturated rings. The van der Waals surface area contributed by atoms with Crippen LogP contribution in [0.2, 0.25) is 0 Å². The van der Waals surface area contributed by atoms with Crippen molar-refractivity contribution in [1.82, 2.24) is 9.55 Å². The second-order valence-corrected chi connectivity index (χ2v) is 6.96. The molecule has 3 rings (SSSR count). The number of halogens is 3. The summed E-state index contributed by atoms with van der Waals surface area (Å²) in [6.45, 7) is 2.66. The van der Waals surface area contributed by atoms with E-state index in [0.29, 0.717) is 12.3 Å². The summed E-state index contributed by atoms with van der Waals surface area (Å²) in [6.07, 6.45) is -2.94. The van der Waals surface area contributed by atoms with E-state index >= 15 is 0 Å². The maximum atomic E-state index is 13.0. The SMILES string of the molecule is CCOc1ccc(-c2cc(=O)n(CCCC(=O)Nc3ccccc3C(F)(F)F)cn2)cc1. The number of carbonyl (C=O) groups is 1. The molecule has 0 aliphatic carbocycles. The molecule has 0 spiro atoms. The van der Waals surface area contributed by atoms with Gasteiger partial charge < -0.3 is 10.1 Å². The smallest absolute Gasteiger partial charge is 0.418 e. The number of alkyl halides is 3. The maximum absolute atomic E-state index is 13.0. The van der Waals surface area contributed by atoms with Crippen molar-refractivity contribution >= 4 is 11.6 Å². The zero-order valence-electron chi connectivity index (χ0n) is 17.4. The molecule has 2 aromatic carbocycles. The monoisotopic (exact) mass is 445 g/mol. The fraction of sp³-hybridized carbons (Fsp3) is 0.261. The van der Waals surface area contributed by atoms with Gasteiger partial charge in [-0.2, -0.15) is 13.2 Å². The van der Waals surface area contributed by atoms with Gasteiger partial charge in [0.15, 0.2) is 0 Å². The summed E-state index contributed by atoms with van der Waals surface area (Å²) in [6, 6.07) is 13.4. The highest BCUT2D eigenvalue weighted by atomic mass is 19.4. The van der Waals surface area contributed by atoms with Crippen molar-refractivity contribution in [2.24, 2.45) is 0 Å². The Balaban J connectivity index is 1.57. The second kappa shape index (κ2) is 10.1. The highest BCUT2D eigenvalue weighted by Gasteiger charge is 2.33. The molecule has 0 bridgehead atoms. The van der Waals surface area contributed by atoms with Gasteiger partial charge in [0.2, 0.25) is 5.91 Å². The minimum Gasteiger partial charge on any atom is -0.494 e. The van der Waals surface area contributed by atoms with Crippen molar-refractivity contribution in [3.8, 4) is 17.0 Å². The van der Waals surface area contributed by atoms with Gasteiger partial charge in [-0.15, -0.1) is 0 Å². The number of para-hydroxylation sites is 1. The standard InChI is InChI=1S/C23H22F3N3O3/c1-2-32-17-11-9-16(10-12-17)20-14-22(31)29(15-27-20)13-5-8-21(30)28-19-7-4-3-6-18(19)23(24,25)26/h3-4,6-7,9-12,14-15H,2,5,8,13H2,1H3,(H,28,30). The van der Waals surface area contributed by atoms with E-state index in [9.17, 15) is 22.8 Å². The quantitative estimate of drug-likeness (QED) is 0.543. The molecule has 1 heterocycles. The van der Waals surface area contributed by atoms with E-state index in [-0.39, 0.29) is 30.6 Å². The molecule has 168 valence electrons. The van der Waals surface area contributed by atoms with Crippen molar-refractivity contribution < 1.29 is 22.7 Å². The van der Waals surface area contributed by atoms with Crippen molar-refractivity contribution in [2.45, 2.75) is 32.5 Å². The van der Waals surface area contributed by atoms with E-state index in [2.05, 4.69) is 10.3 Å². The molecule has 0 unspecified atom stereocenters. The van der Waals surface area contributed by atoms with Gasteiger partial charge in [-0.25, -0.2) is 4.98 Å². The number of carbonyl (C=O) groups excluding carboxylic acids is 1. The van der Waals surface area contributed by atoms with Crippen molar-refractivity contribution in [2.75, 3.05) is 11.9 Å². The molecular formula is C23H22F3N3O3. The molecule has 1 amide bonds. The lowest BCUT2D eigenvalue weighted by atomic mass is 10.1. The third-order valence-electron chi connectivity index (χ3n) is 4.65. The first-order chi connectivity index (χ1) is 15.3. The van der Waals surface area contributed by atoms with Crippen LogP contribution in [-0.4, -0.2) is 22.1 Å². The first-order valence-electron chi connectivity index (χ1n) is 10.0. The Kier molecular flexibility index (Phi) is 7.29. The van der Waals surface area contributed by atoms with Gasteiger partial charge in [0.05, 0.1) is 29.9 Å². The summed E-state index contributed by atoms with van der Waals surface area (Å²) in [5.74, 6) is 0.162. The maximum Gasteiger partial charge on any atom is 0.418 e. The second-order valence-electron chi connectivity index (χ2n) is 6.96. The number of aromatic nitrogens is 2. The fourth-order valence-corrected chi connectivity index (χ4v) is 3.10. The normalized spacial score (nSPS) is 11.2. The zero-order valence-corrected chi connectivity index (χ0v) is 17.4. The van der Waals surface area contributed by atoms with E-state index < -0.39 is 17.6 Å². The van der Waals surface area contributed by atoms with Gasteiger partial charge in [-0.05, 0) is 49.7 Å². The highest BCUT2D eigenvalue weighted by molar-refractivity contribution is 5.91. The Morgan fingerprint density at radius 1 is 1.12 bits per heavy atom. The number of nitrogens with one attached hydrogen (secondary N) is 1. The lowest BCUT2D eigenvalue weighted by molar-refractivity contribution is -0.137. The van der Waals surface area contributed by atoms with Crippen LogP contribution in [0.5, 0.6) is 5.75 Å². The summed E-state index contributed by atoms with van der Waals surface area (Å²) < 4.78 is 45.8. The Morgan fingerprint density at radius 2 is 1.84 bits per heavy atom. The van der Waals surface area contributed by atoms with Crippen LogP contribution in [-0.2, 0) is 17.5 Å². The molecule has 1 aromatic heterocycles. The molecule has 0 saturated heterocycles. The van der Waals surface area contributed by atoms with E-state index in [0.717, 1.165) is 17.4 Å². The summed E-state index contributed by atoms with van der Waals surface area (Å²) in [4.78, 5) is 28.8. The largest absolute Gasteiger partial charge is 0.494 e. The van der Waals surface area contributed by atoms with Crippen LogP contribution in [0, 0.1) is 0 Å². The molecule has 6 nitrogen and oxygen atoms in total. The number of anilines is 1. The number of hydrogen-bond acceptors (Lipinski definition) is 4. The number of ether oxygens (including phenoxy) is 1. The Bertz CT molecular complexity index is 1130. The number of benzene rings is 2. The Labute approximate surface area is 182 Å². The first-order valence-corrected chi connectivity index (χ1v) is 10.0. The van der Waals surface area contributed by atoms with Crippen LogP contribution >= 0.6 is 0 Å². The molecule has 0 aliphatic rings. The first kappa shape index (κ1) is 23.1. The Morgan fingerprint density at radius 3 is 2.50 bits per heavy atom. The van der Waals surface area contributed by atoms with Gasteiger partial charge in [0.25, 0.3) is 5.56 Å². The third kappa shape index (κ3) is 5.96. The van der Waals surface area contributed by atoms with Crippen molar-refractivity contribution in [3.05, 3.63) is 76.8 Å². The zero-order chi connectivity index (χ0) is 23.1. The molecule has 1 N–H and O–H groups in total. The van der Waals surface area contributed by atoms with Gasteiger partial charge in [-0.3, -0.25) is 14.2 Å². The van der Waals surface area contributed by atoms with Gasteiger partial charge in [-0.1, -0.05) is 12.1 Å². The molecule has 32 heavy (non-hydrogen) atoms. The highest BCUT2D eigenvalue weighted by Crippen LogP contribution is 2.34. The minimum atomic E-state index is -4.56. The summed E-state index contributed by atoms with van der Waals surface area (Å²) in [5.41, 5.74) is -0.204. The lowest BCUT2D eigenvalue weighted by Gasteiger charge is -2.13. The number of rotatable bonds is 8. The summed E-state index contributed by atoms with van der Waals surface area (Å²) >= 11 is 0. The van der Waals surface area contributed by atoms with Crippen LogP contribution in [0.25, 0.3) is 11.3 Å². The average molecular weight is 445 g/mol. The van der Waals surface area contributed by atoms with Crippen LogP contribution < -0.4 is 15.6 Å². The molecular weight excluding hydrogens is 423 g/mol. The van der Waals surface area contributed by atoms with Gasteiger partial charge in [0.1, 0.15) is 5.75 Å². The predicted molar refractivity (Wildman–Crippen MR) is 114 cm³/mol. The minimum absolute atomic E-state index is 0.0424. The van der Waals surface area contributed by atoms with E-state index in [1.165, 1.54) is 35.2 Å². The summed E-state index contributed by atoms with van der Waals surface area (Å²) in [7, 11) is 0. The molecule has 0 radical (unpaired) electrons. The topological polar surface area (TPSA) is 73.2 Å². The molecule has 9 heteroatoms. The number of amides is 1. The van der Waals surface area contributed by atoms with Crippen molar-refractivity contribution in [1.29, 1.82) is 0 Å². The van der Waals surface area contributed by atoms with Crippen LogP contribution in [0.1, 0.15) is 25.3 Å². The van der Waals surface area contributed by atoms with Gasteiger partial charge in [0, 0.05) is 24.6 Å². The van der Waals surface area contributed by atoms with Crippen LogP contribution in [0.3, 0.4) is 0 Å². The van der Waals surface area contributed by atoms with Gasteiger partial charge >= 0.3 is 6.18 Å². The van der Waals surface area contributed by atoms with Crippen LogP contribution in [0.15, 0.2) is 65.7 Å². The van der Waals surface area contributed by atoms with Crippen LogP contribution in [0.4, 0.5) is 18.9 Å². The number of nitrogens with zero attached hydrogens (tertiary/aromatic N) is 2. The third-order valence-corrected chi connectivity index (χ3v) is 4.65. The average Bonchev–Trinajstić information content (AvgIpc) is 2.75.